The van der Waals surface area contributed by atoms with E-state index in [0.29, 0.717) is 17.4 Å². The molecule has 0 aromatic carbocycles. The quantitative estimate of drug-likeness (QED) is 0.0248. The first-order chi connectivity index (χ1) is 26.5. The van der Waals surface area contributed by atoms with Gasteiger partial charge in [0.15, 0.2) is 0 Å². The van der Waals surface area contributed by atoms with E-state index < -0.39 is 20.0 Å². The van der Waals surface area contributed by atoms with Gasteiger partial charge in [-0.05, 0) is 70.6 Å². The van der Waals surface area contributed by atoms with E-state index >= 15 is 0 Å². The van der Waals surface area contributed by atoms with E-state index in [9.17, 15) is 19.4 Å². The monoisotopic (exact) mass is 794 g/mol. The Morgan fingerprint density at radius 2 is 1.05 bits per heavy atom. The predicted octanol–water partition coefficient (Wildman–Crippen LogP) is 12.2. The molecule has 0 aromatic rings. The molecule has 0 saturated heterocycles. The SMILES string of the molecule is CCCCC/C=C\C/C=C\C/C=C\CCCCCCCCC(=O)NC(COP(=O)(O)OCC[N+](C)(C)C)C(O)/C=C/CC/C=C/CCCCCCCCCC. The molecule has 0 radical (unpaired) electrons. The van der Waals surface area contributed by atoms with Crippen molar-refractivity contribution in [3.05, 3.63) is 60.8 Å². The van der Waals surface area contributed by atoms with E-state index in [1.807, 2.05) is 27.2 Å². The molecule has 0 aliphatic heterocycles. The molecule has 0 bridgehead atoms. The van der Waals surface area contributed by atoms with Crippen molar-refractivity contribution in [2.75, 3.05) is 40.9 Å². The summed E-state index contributed by atoms with van der Waals surface area (Å²) in [5.41, 5.74) is 0. The lowest BCUT2D eigenvalue weighted by molar-refractivity contribution is -0.870. The van der Waals surface area contributed by atoms with Crippen LogP contribution < -0.4 is 5.32 Å². The van der Waals surface area contributed by atoms with Gasteiger partial charge in [-0.1, -0.05) is 158 Å². The second-order valence-electron chi connectivity index (χ2n) is 16.1. The second-order valence-corrected chi connectivity index (χ2v) is 17.5. The number of aliphatic hydroxyl groups excluding tert-OH is 1. The number of rotatable bonds is 39. The van der Waals surface area contributed by atoms with Crippen LogP contribution in [0.1, 0.15) is 174 Å². The lowest BCUT2D eigenvalue weighted by Crippen LogP contribution is -2.45. The lowest BCUT2D eigenvalue weighted by Gasteiger charge is -2.25. The fraction of sp³-hybridized carbons (Fsp3) is 0.761. The average molecular weight is 794 g/mol. The highest BCUT2D eigenvalue weighted by Gasteiger charge is 2.27. The minimum Gasteiger partial charge on any atom is -0.387 e. The second kappa shape index (κ2) is 37.8. The highest BCUT2D eigenvalue weighted by atomic mass is 31.2. The van der Waals surface area contributed by atoms with Crippen molar-refractivity contribution in [3.63, 3.8) is 0 Å². The summed E-state index contributed by atoms with van der Waals surface area (Å²) in [4.78, 5) is 23.1. The number of nitrogens with one attached hydrogen (secondary N) is 1. The van der Waals surface area contributed by atoms with Crippen molar-refractivity contribution in [2.45, 2.75) is 187 Å². The summed E-state index contributed by atoms with van der Waals surface area (Å²) in [7, 11) is 1.53. The van der Waals surface area contributed by atoms with Crippen LogP contribution in [0.25, 0.3) is 0 Å². The van der Waals surface area contributed by atoms with Gasteiger partial charge >= 0.3 is 7.82 Å². The zero-order chi connectivity index (χ0) is 40.7. The zero-order valence-electron chi connectivity index (χ0n) is 36.1. The molecule has 3 N–H and O–H groups in total. The molecule has 9 heteroatoms. The van der Waals surface area contributed by atoms with Crippen LogP contribution in [0.3, 0.4) is 0 Å². The predicted molar refractivity (Wildman–Crippen MR) is 235 cm³/mol. The smallest absolute Gasteiger partial charge is 0.387 e. The molecule has 0 saturated carbocycles. The summed E-state index contributed by atoms with van der Waals surface area (Å²) < 4.78 is 23.5. The van der Waals surface area contributed by atoms with Gasteiger partial charge in [0, 0.05) is 6.42 Å². The van der Waals surface area contributed by atoms with Crippen molar-refractivity contribution in [2.24, 2.45) is 0 Å². The first-order valence-corrected chi connectivity index (χ1v) is 23.7. The molecule has 0 aliphatic rings. The number of aliphatic hydroxyl groups is 1. The fourth-order valence-electron chi connectivity index (χ4n) is 5.89. The van der Waals surface area contributed by atoms with E-state index in [-0.39, 0.29) is 19.1 Å². The summed E-state index contributed by atoms with van der Waals surface area (Å²) >= 11 is 0. The molecule has 0 spiro atoms. The molecule has 0 aromatic heterocycles. The molecule has 0 rings (SSSR count). The van der Waals surface area contributed by atoms with Gasteiger partial charge in [0.05, 0.1) is 39.9 Å². The van der Waals surface area contributed by atoms with Gasteiger partial charge in [-0.2, -0.15) is 0 Å². The van der Waals surface area contributed by atoms with E-state index in [2.05, 4.69) is 67.8 Å². The molecule has 0 aliphatic carbocycles. The van der Waals surface area contributed by atoms with Gasteiger partial charge < -0.3 is 19.8 Å². The number of amides is 1. The van der Waals surface area contributed by atoms with Crippen molar-refractivity contribution < 1.29 is 32.9 Å². The molecular weight excluding hydrogens is 707 g/mol. The Labute approximate surface area is 339 Å². The highest BCUT2D eigenvalue weighted by Crippen LogP contribution is 2.43. The molecule has 3 atom stereocenters. The van der Waals surface area contributed by atoms with Gasteiger partial charge in [-0.3, -0.25) is 13.8 Å². The molecular formula is C46H86N2O6P+. The molecule has 0 heterocycles. The standard InChI is InChI=1S/C46H85N2O6P/c1-6-8-10-12-14-16-18-20-22-23-24-25-26-28-30-32-34-36-38-40-46(50)47-44(43-54-55(51,52)53-42-41-48(3,4)5)45(49)39-37-35-33-31-29-27-21-19-17-15-13-11-9-7-2/h14,16,20,22,24-25,29,31,37,39,44-45,49H,6-13,15,17-19,21,23,26-28,30,32-36,38,40-43H2,1-5H3,(H-,47,50,51,52)/p+1/b16-14-,22-20-,25-24-,31-29+,39-37+. The summed E-state index contributed by atoms with van der Waals surface area (Å²) in [6, 6.07) is -0.871. The Balaban J connectivity index is 4.50. The molecule has 1 amide bonds. The van der Waals surface area contributed by atoms with Crippen molar-refractivity contribution in [1.82, 2.24) is 5.32 Å². The topological polar surface area (TPSA) is 105 Å². The number of hydrogen-bond acceptors (Lipinski definition) is 5. The number of phosphoric acid groups is 1. The number of phosphoric ester groups is 1. The summed E-state index contributed by atoms with van der Waals surface area (Å²) in [6.45, 7) is 4.73. The molecule has 8 nitrogen and oxygen atoms in total. The van der Waals surface area contributed by atoms with Crippen LogP contribution >= 0.6 is 7.82 Å². The van der Waals surface area contributed by atoms with Crippen LogP contribution in [0, 0.1) is 0 Å². The number of likely N-dealkylation sites (N-methyl/N-ethyl adjacent to an activating group) is 1. The summed E-state index contributed by atoms with van der Waals surface area (Å²) in [5, 5.41) is 13.8. The number of quaternary nitrogens is 1. The number of hydrogen-bond donors (Lipinski definition) is 3. The summed E-state index contributed by atoms with van der Waals surface area (Å²) in [6.07, 6.45) is 48.6. The Bertz CT molecular complexity index is 1080. The lowest BCUT2D eigenvalue weighted by atomic mass is 10.1. The zero-order valence-corrected chi connectivity index (χ0v) is 37.0. The third kappa shape index (κ3) is 40.2. The van der Waals surface area contributed by atoms with E-state index in [1.165, 1.54) is 89.9 Å². The van der Waals surface area contributed by atoms with Crippen LogP contribution in [-0.4, -0.2) is 73.4 Å². The van der Waals surface area contributed by atoms with Crippen molar-refractivity contribution in [1.29, 1.82) is 0 Å². The van der Waals surface area contributed by atoms with Gasteiger partial charge in [-0.15, -0.1) is 0 Å². The minimum absolute atomic E-state index is 0.0508. The van der Waals surface area contributed by atoms with Crippen LogP contribution in [-0.2, 0) is 18.4 Å². The van der Waals surface area contributed by atoms with Crippen molar-refractivity contribution in [3.8, 4) is 0 Å². The average Bonchev–Trinajstić information content (AvgIpc) is 3.13. The number of unbranched alkanes of at least 4 members (excludes halogenated alkanes) is 18. The Morgan fingerprint density at radius 1 is 0.618 bits per heavy atom. The number of allylic oxidation sites excluding steroid dienone is 9. The molecule has 55 heavy (non-hydrogen) atoms. The molecule has 0 fully saturated rings. The van der Waals surface area contributed by atoms with E-state index in [0.717, 1.165) is 64.2 Å². The van der Waals surface area contributed by atoms with E-state index in [1.54, 1.807) is 6.08 Å². The van der Waals surface area contributed by atoms with Crippen LogP contribution in [0.2, 0.25) is 0 Å². The highest BCUT2D eigenvalue weighted by molar-refractivity contribution is 7.47. The Kier molecular flexibility index (Phi) is 36.5. The first-order valence-electron chi connectivity index (χ1n) is 22.2. The Morgan fingerprint density at radius 3 is 1.62 bits per heavy atom. The van der Waals surface area contributed by atoms with Crippen molar-refractivity contribution >= 4 is 13.7 Å². The largest absolute Gasteiger partial charge is 0.472 e. The number of nitrogens with zero attached hydrogens (tertiary/aromatic N) is 1. The van der Waals surface area contributed by atoms with Gasteiger partial charge in [0.1, 0.15) is 13.2 Å². The number of carbonyl (C=O) groups is 1. The Hall–Kier alpha value is -1.80. The van der Waals surface area contributed by atoms with Gasteiger partial charge in [0.25, 0.3) is 0 Å². The minimum atomic E-state index is -4.35. The van der Waals surface area contributed by atoms with E-state index in [4.69, 9.17) is 9.05 Å². The summed E-state index contributed by atoms with van der Waals surface area (Å²) in [5.74, 6) is -0.203. The van der Waals surface area contributed by atoms with Gasteiger partial charge in [0.2, 0.25) is 5.91 Å². The molecule has 320 valence electrons. The van der Waals surface area contributed by atoms with Crippen LogP contribution in [0.15, 0.2) is 60.8 Å². The third-order valence-corrected chi connectivity index (χ3v) is 10.4. The first kappa shape index (κ1) is 53.2. The van der Waals surface area contributed by atoms with Gasteiger partial charge in [-0.25, -0.2) is 4.57 Å². The normalized spacial score (nSPS) is 15.0. The number of carbonyl (C=O) groups excluding carboxylic acids is 1. The maximum atomic E-state index is 12.9. The van der Waals surface area contributed by atoms with Crippen LogP contribution in [0.4, 0.5) is 0 Å². The maximum absolute atomic E-state index is 12.9. The maximum Gasteiger partial charge on any atom is 0.472 e. The fourth-order valence-corrected chi connectivity index (χ4v) is 6.62. The van der Waals surface area contributed by atoms with Crippen LogP contribution in [0.5, 0.6) is 0 Å². The molecule has 3 unspecified atom stereocenters. The third-order valence-electron chi connectivity index (χ3n) is 9.46.